The van der Waals surface area contributed by atoms with E-state index >= 15 is 0 Å². The molecule has 11 nitrogen and oxygen atoms in total. The molecule has 194 valence electrons. The smallest absolute Gasteiger partial charge is 0.323 e. The van der Waals surface area contributed by atoms with E-state index in [1.807, 2.05) is 12.1 Å². The molecule has 0 unspecified atom stereocenters. The summed E-state index contributed by atoms with van der Waals surface area (Å²) in [7, 11) is 1.52. The Bertz CT molecular complexity index is 1430. The van der Waals surface area contributed by atoms with Crippen LogP contribution in [-0.2, 0) is 22.6 Å². The summed E-state index contributed by atoms with van der Waals surface area (Å²) in [6.07, 6.45) is 2.68. The fraction of sp³-hybridized carbons (Fsp3) is 0.296. The molecule has 0 saturated carbocycles. The maximum absolute atomic E-state index is 13.1. The van der Waals surface area contributed by atoms with Gasteiger partial charge in [-0.15, -0.1) is 0 Å². The summed E-state index contributed by atoms with van der Waals surface area (Å²) in [5.41, 5.74) is 2.20. The number of carbonyl (C=O) groups is 5. The van der Waals surface area contributed by atoms with E-state index in [0.717, 1.165) is 36.0 Å². The van der Waals surface area contributed by atoms with Gasteiger partial charge in [-0.1, -0.05) is 24.0 Å². The molecular formula is C27H25N5O6. The van der Waals surface area contributed by atoms with Crippen LogP contribution in [0.4, 0.5) is 9.59 Å². The molecule has 3 aliphatic rings. The Balaban J connectivity index is 1.40. The molecule has 38 heavy (non-hydrogen) atoms. The summed E-state index contributed by atoms with van der Waals surface area (Å²) in [5, 5.41) is 9.72. The van der Waals surface area contributed by atoms with Crippen LogP contribution in [0.3, 0.4) is 0 Å². The molecule has 2 atom stereocenters. The van der Waals surface area contributed by atoms with Gasteiger partial charge in [0.1, 0.15) is 5.75 Å². The van der Waals surface area contributed by atoms with E-state index in [1.54, 1.807) is 24.3 Å². The summed E-state index contributed by atoms with van der Waals surface area (Å²) in [4.78, 5) is 61.9. The lowest BCUT2D eigenvalue weighted by Crippen LogP contribution is -2.54. The Morgan fingerprint density at radius 3 is 2.79 bits per heavy atom. The third-order valence-corrected chi connectivity index (χ3v) is 6.94. The number of nitrogens with zero attached hydrogens (tertiary/aromatic N) is 1. The minimum absolute atomic E-state index is 0.129. The molecule has 2 aliphatic heterocycles. The van der Waals surface area contributed by atoms with Crippen molar-refractivity contribution in [2.75, 3.05) is 13.7 Å². The lowest BCUT2D eigenvalue weighted by Gasteiger charge is -2.27. The average molecular weight is 516 g/mol. The number of carbonyl (C=O) groups excluding carboxylic acids is 5. The highest BCUT2D eigenvalue weighted by atomic mass is 16.5. The summed E-state index contributed by atoms with van der Waals surface area (Å²) in [6, 6.07) is 9.25. The molecule has 2 aromatic carbocycles. The third kappa shape index (κ3) is 4.64. The first kappa shape index (κ1) is 24.8. The largest absolute Gasteiger partial charge is 0.497 e. The first-order valence-corrected chi connectivity index (χ1v) is 12.1. The number of amides is 7. The Morgan fingerprint density at radius 1 is 1.21 bits per heavy atom. The molecule has 2 aromatic rings. The van der Waals surface area contributed by atoms with Crippen molar-refractivity contribution in [3.63, 3.8) is 0 Å². The number of rotatable bonds is 5. The number of nitrogens with one attached hydrogen (secondary N) is 4. The van der Waals surface area contributed by atoms with E-state index in [9.17, 15) is 24.0 Å². The normalized spacial score (nSPS) is 21.3. The molecule has 0 aromatic heterocycles. The van der Waals surface area contributed by atoms with Crippen LogP contribution in [0.2, 0.25) is 0 Å². The molecule has 1 aliphatic carbocycles. The van der Waals surface area contributed by atoms with Gasteiger partial charge in [0.05, 0.1) is 19.7 Å². The second kappa shape index (κ2) is 9.89. The first-order chi connectivity index (χ1) is 18.3. The molecule has 0 spiro atoms. The van der Waals surface area contributed by atoms with Gasteiger partial charge in [0.15, 0.2) is 0 Å². The minimum atomic E-state index is -1.62. The number of benzene rings is 2. The molecule has 1 fully saturated rings. The number of hydrogen-bond donors (Lipinski definition) is 4. The molecular weight excluding hydrogens is 490 g/mol. The highest BCUT2D eigenvalue weighted by molar-refractivity contribution is 6.10. The fourth-order valence-electron chi connectivity index (χ4n) is 5.09. The quantitative estimate of drug-likeness (QED) is 0.267. The van der Waals surface area contributed by atoms with Gasteiger partial charge in [-0.25, -0.2) is 9.59 Å². The zero-order valence-corrected chi connectivity index (χ0v) is 20.6. The van der Waals surface area contributed by atoms with E-state index in [2.05, 4.69) is 33.1 Å². The first-order valence-electron chi connectivity index (χ1n) is 12.1. The lowest BCUT2D eigenvalue weighted by atomic mass is 9.86. The second-order valence-electron chi connectivity index (χ2n) is 9.34. The standard InChI is InChI=1S/C27H25N5O6/c1-38-19-7-6-18-13-32(23(34)21(18)12-19)14-27(24(35)30-26(37)31-27)10-9-16-5-8-20-17(11-16)3-2-4-22(20)29-25(36)28-15-33/h5-8,11-12,15,22H,2-4,13-14H2,1H3,(H2,28,29,33,36)(H2,30,31,35,37)/t22-,27+/m0/s1. The van der Waals surface area contributed by atoms with Crippen molar-refractivity contribution in [1.82, 2.24) is 26.2 Å². The van der Waals surface area contributed by atoms with Gasteiger partial charge in [0.25, 0.3) is 11.8 Å². The fourth-order valence-corrected chi connectivity index (χ4v) is 5.09. The number of fused-ring (bicyclic) bond motifs is 2. The second-order valence-corrected chi connectivity index (χ2v) is 9.34. The lowest BCUT2D eigenvalue weighted by molar-refractivity contribution is -0.122. The molecule has 2 heterocycles. The average Bonchev–Trinajstić information content (AvgIpc) is 3.36. The number of urea groups is 2. The van der Waals surface area contributed by atoms with Gasteiger partial charge >= 0.3 is 12.1 Å². The van der Waals surface area contributed by atoms with Crippen LogP contribution in [-0.4, -0.2) is 54.4 Å². The predicted octanol–water partition coefficient (Wildman–Crippen LogP) is 1.11. The van der Waals surface area contributed by atoms with Crippen LogP contribution >= 0.6 is 0 Å². The topological polar surface area (TPSA) is 146 Å². The van der Waals surface area contributed by atoms with E-state index in [-0.39, 0.29) is 25.0 Å². The van der Waals surface area contributed by atoms with Crippen molar-refractivity contribution < 1.29 is 28.7 Å². The van der Waals surface area contributed by atoms with Gasteiger partial charge in [-0.3, -0.25) is 25.0 Å². The van der Waals surface area contributed by atoms with E-state index in [0.29, 0.717) is 23.3 Å². The van der Waals surface area contributed by atoms with Crippen molar-refractivity contribution in [2.24, 2.45) is 0 Å². The Hall–Kier alpha value is -4.85. The Labute approximate surface area is 218 Å². The predicted molar refractivity (Wildman–Crippen MR) is 134 cm³/mol. The van der Waals surface area contributed by atoms with Crippen LogP contribution in [0.25, 0.3) is 0 Å². The van der Waals surface area contributed by atoms with E-state index < -0.39 is 23.5 Å². The van der Waals surface area contributed by atoms with Crippen molar-refractivity contribution in [3.8, 4) is 17.6 Å². The van der Waals surface area contributed by atoms with Crippen LogP contribution in [0.1, 0.15) is 51.5 Å². The summed E-state index contributed by atoms with van der Waals surface area (Å²) in [6.45, 7) is 0.145. The molecule has 5 rings (SSSR count). The summed E-state index contributed by atoms with van der Waals surface area (Å²) in [5.74, 6) is 5.57. The number of hydrogen-bond acceptors (Lipinski definition) is 6. The van der Waals surface area contributed by atoms with Gasteiger partial charge < -0.3 is 20.3 Å². The maximum atomic E-state index is 13.1. The monoisotopic (exact) mass is 515 g/mol. The highest BCUT2D eigenvalue weighted by Gasteiger charge is 2.48. The molecule has 1 saturated heterocycles. The van der Waals surface area contributed by atoms with Crippen molar-refractivity contribution in [3.05, 3.63) is 64.2 Å². The van der Waals surface area contributed by atoms with Crippen molar-refractivity contribution >= 4 is 30.3 Å². The van der Waals surface area contributed by atoms with Crippen LogP contribution in [0.15, 0.2) is 36.4 Å². The zero-order valence-electron chi connectivity index (χ0n) is 20.6. The number of imide groups is 2. The third-order valence-electron chi connectivity index (χ3n) is 6.94. The van der Waals surface area contributed by atoms with Crippen LogP contribution in [0, 0.1) is 11.8 Å². The Morgan fingerprint density at radius 2 is 2.05 bits per heavy atom. The summed E-state index contributed by atoms with van der Waals surface area (Å²) >= 11 is 0. The minimum Gasteiger partial charge on any atom is -0.497 e. The summed E-state index contributed by atoms with van der Waals surface area (Å²) < 4.78 is 5.22. The molecule has 7 amide bonds. The Kier molecular flexibility index (Phi) is 6.46. The van der Waals surface area contributed by atoms with Gasteiger partial charge in [0.2, 0.25) is 11.9 Å². The van der Waals surface area contributed by atoms with Crippen LogP contribution < -0.4 is 26.0 Å². The van der Waals surface area contributed by atoms with Gasteiger partial charge in [0, 0.05) is 17.7 Å². The maximum Gasteiger partial charge on any atom is 0.323 e. The van der Waals surface area contributed by atoms with E-state index in [4.69, 9.17) is 4.74 Å². The van der Waals surface area contributed by atoms with Gasteiger partial charge in [-0.05, 0) is 60.2 Å². The highest BCUT2D eigenvalue weighted by Crippen LogP contribution is 2.31. The number of methoxy groups -OCH3 is 1. The molecule has 4 N–H and O–H groups in total. The number of ether oxygens (including phenoxy) is 1. The van der Waals surface area contributed by atoms with E-state index in [1.165, 1.54) is 12.0 Å². The molecule has 0 radical (unpaired) electrons. The molecule has 0 bridgehead atoms. The van der Waals surface area contributed by atoms with Gasteiger partial charge in [-0.2, -0.15) is 0 Å². The molecule has 11 heteroatoms. The van der Waals surface area contributed by atoms with Crippen molar-refractivity contribution in [2.45, 2.75) is 37.4 Å². The zero-order chi connectivity index (χ0) is 26.9. The van der Waals surface area contributed by atoms with Crippen LogP contribution in [0.5, 0.6) is 5.75 Å². The SMILES string of the molecule is COc1ccc2c(c1)C(=O)N(C[C@@]1(C#Cc3ccc4c(c3)CCC[C@@H]4NC(=O)NC=O)NC(=O)NC1=O)C2. The van der Waals surface area contributed by atoms with Crippen molar-refractivity contribution in [1.29, 1.82) is 0 Å². The number of aryl methyl sites for hydroxylation is 1.